The third-order valence-corrected chi connectivity index (χ3v) is 11.7. The van der Waals surface area contributed by atoms with Crippen LogP contribution in [0.1, 0.15) is 99.9 Å². The second-order valence-electron chi connectivity index (χ2n) is 14.8. The molecule has 2 aromatic carbocycles. The van der Waals surface area contributed by atoms with Crippen LogP contribution in [-0.2, 0) is 23.1 Å². The van der Waals surface area contributed by atoms with Crippen molar-refractivity contribution in [3.8, 4) is 11.5 Å². The van der Waals surface area contributed by atoms with Gasteiger partial charge in [0, 0.05) is 28.2 Å². The number of aromatic nitrogens is 1. The van der Waals surface area contributed by atoms with Gasteiger partial charge in [0.15, 0.2) is 0 Å². The fourth-order valence-corrected chi connectivity index (χ4v) is 8.86. The number of rotatable bonds is 11. The lowest BCUT2D eigenvalue weighted by atomic mass is 9.59. The molecule has 3 atom stereocenters. The minimum atomic E-state index is -1.03. The van der Waals surface area contributed by atoms with Gasteiger partial charge < -0.3 is 19.9 Å². The number of halogens is 1. The standard InChI is InChI=1S/C39H47ClN2O4/c1-25(23-46-35-13-18-41-34-8-3-5-26(2)36(34)35)19-29-20-28-11-12-32(45-24-27-9-10-27)22-33(28)38(29)14-16-39(17-15-38,37(43)44)42-31-7-4-6-30(40)21-31/h4,6-7,11-13,18,21-22,25-27,29,42H,3,5,8-10,14-17,19-20,23-24H2,1-2H3,(H,43,44)/t25-,26-,29?,38?,39?/m1/s1. The molecule has 1 heterocycles. The summed E-state index contributed by atoms with van der Waals surface area (Å²) in [6.45, 7) is 6.05. The van der Waals surface area contributed by atoms with Gasteiger partial charge in [-0.2, -0.15) is 0 Å². The maximum Gasteiger partial charge on any atom is 0.329 e. The van der Waals surface area contributed by atoms with Crippen molar-refractivity contribution in [3.63, 3.8) is 0 Å². The van der Waals surface area contributed by atoms with Crippen molar-refractivity contribution >= 4 is 23.3 Å². The Morgan fingerprint density at radius 3 is 2.67 bits per heavy atom. The first kappa shape index (κ1) is 31.4. The van der Waals surface area contributed by atoms with Crippen molar-refractivity contribution < 1.29 is 19.4 Å². The van der Waals surface area contributed by atoms with Gasteiger partial charge in [0.1, 0.15) is 17.0 Å². The van der Waals surface area contributed by atoms with Gasteiger partial charge in [-0.1, -0.05) is 37.6 Å². The molecule has 6 nitrogen and oxygen atoms in total. The Kier molecular flexibility index (Phi) is 8.69. The van der Waals surface area contributed by atoms with Gasteiger partial charge in [0.2, 0.25) is 0 Å². The van der Waals surface area contributed by atoms with E-state index >= 15 is 0 Å². The highest BCUT2D eigenvalue weighted by Gasteiger charge is 2.54. The molecule has 2 fully saturated rings. The van der Waals surface area contributed by atoms with Gasteiger partial charge in [-0.05, 0) is 147 Å². The van der Waals surface area contributed by atoms with Crippen molar-refractivity contribution in [3.05, 3.63) is 82.1 Å². The number of carboxylic acids is 1. The Morgan fingerprint density at radius 2 is 1.91 bits per heavy atom. The van der Waals surface area contributed by atoms with E-state index in [1.54, 1.807) is 0 Å². The predicted molar refractivity (Wildman–Crippen MR) is 182 cm³/mol. The number of carboxylic acid groups (broad SMARTS) is 1. The first-order valence-corrected chi connectivity index (χ1v) is 17.8. The van der Waals surface area contributed by atoms with Gasteiger partial charge in [-0.3, -0.25) is 4.98 Å². The molecule has 1 spiro atoms. The minimum absolute atomic E-state index is 0.0954. The Balaban J connectivity index is 1.12. The summed E-state index contributed by atoms with van der Waals surface area (Å²) in [5.41, 5.74) is 4.88. The monoisotopic (exact) mass is 642 g/mol. The number of carbonyl (C=O) groups is 1. The van der Waals surface area contributed by atoms with Crippen molar-refractivity contribution in [2.45, 2.75) is 101 Å². The number of fused-ring (bicyclic) bond motifs is 3. The third kappa shape index (κ3) is 6.22. The molecule has 4 aliphatic rings. The van der Waals surface area contributed by atoms with Crippen molar-refractivity contribution in [2.75, 3.05) is 18.5 Å². The van der Waals surface area contributed by atoms with Crippen molar-refractivity contribution in [1.29, 1.82) is 0 Å². The van der Waals surface area contributed by atoms with Crippen LogP contribution in [0.25, 0.3) is 0 Å². The highest BCUT2D eigenvalue weighted by atomic mass is 35.5. The average Bonchev–Trinajstić information content (AvgIpc) is 3.84. The molecular weight excluding hydrogens is 596 g/mol. The van der Waals surface area contributed by atoms with Crippen molar-refractivity contribution in [1.82, 2.24) is 4.98 Å². The van der Waals surface area contributed by atoms with Crippen LogP contribution in [0.2, 0.25) is 5.02 Å². The lowest BCUT2D eigenvalue weighted by molar-refractivity contribution is -0.144. The number of benzene rings is 2. The van der Waals surface area contributed by atoms with E-state index in [4.69, 9.17) is 21.1 Å². The minimum Gasteiger partial charge on any atom is -0.493 e. The zero-order chi connectivity index (χ0) is 31.9. The number of nitrogens with zero attached hydrogens (tertiary/aromatic N) is 1. The highest BCUT2D eigenvalue weighted by Crippen LogP contribution is 2.57. The molecule has 0 aliphatic heterocycles. The number of pyridine rings is 1. The zero-order valence-electron chi connectivity index (χ0n) is 27.2. The van der Waals surface area contributed by atoms with Crippen LogP contribution in [0.4, 0.5) is 5.69 Å². The molecule has 4 aliphatic carbocycles. The van der Waals surface area contributed by atoms with Crippen molar-refractivity contribution in [2.24, 2.45) is 17.8 Å². The normalized spacial score (nSPS) is 27.5. The molecule has 244 valence electrons. The van der Waals surface area contributed by atoms with Gasteiger partial charge in [0.25, 0.3) is 0 Å². The summed E-state index contributed by atoms with van der Waals surface area (Å²) in [6.07, 6.45) is 12.6. The predicted octanol–water partition coefficient (Wildman–Crippen LogP) is 8.99. The largest absolute Gasteiger partial charge is 0.493 e. The van der Waals surface area contributed by atoms with E-state index in [0.717, 1.165) is 55.9 Å². The molecule has 2 saturated carbocycles. The molecule has 2 N–H and O–H groups in total. The summed E-state index contributed by atoms with van der Waals surface area (Å²) in [5.74, 6) is 3.07. The topological polar surface area (TPSA) is 80.7 Å². The third-order valence-electron chi connectivity index (χ3n) is 11.4. The number of hydrogen-bond acceptors (Lipinski definition) is 5. The first-order chi connectivity index (χ1) is 22.2. The molecular formula is C39H47ClN2O4. The summed E-state index contributed by atoms with van der Waals surface area (Å²) >= 11 is 6.27. The molecule has 0 bridgehead atoms. The Morgan fingerprint density at radius 1 is 1.09 bits per heavy atom. The van der Waals surface area contributed by atoms with Gasteiger partial charge >= 0.3 is 5.97 Å². The second kappa shape index (κ2) is 12.7. The quantitative estimate of drug-likeness (QED) is 0.217. The number of ether oxygens (including phenoxy) is 2. The Bertz CT molecular complexity index is 1580. The fourth-order valence-electron chi connectivity index (χ4n) is 8.67. The highest BCUT2D eigenvalue weighted by molar-refractivity contribution is 6.30. The maximum atomic E-state index is 12.9. The molecule has 7 heteroatoms. The second-order valence-corrected chi connectivity index (χ2v) is 15.2. The van der Waals surface area contributed by atoms with Gasteiger partial charge in [-0.25, -0.2) is 4.79 Å². The molecule has 1 aromatic heterocycles. The molecule has 3 aromatic rings. The van der Waals surface area contributed by atoms with Crippen LogP contribution in [0, 0.1) is 17.8 Å². The van der Waals surface area contributed by atoms with Crippen LogP contribution >= 0.6 is 11.6 Å². The number of aryl methyl sites for hydroxylation is 1. The SMILES string of the molecule is C[C@@H](COc1ccnc2c1[C@H](C)CCC2)CC1Cc2ccc(OCC3CC3)cc2C12CCC(Nc1cccc(Cl)c1)(C(=O)O)CC2. The summed E-state index contributed by atoms with van der Waals surface area (Å²) in [6, 6.07) is 16.1. The van der Waals surface area contributed by atoms with E-state index in [-0.39, 0.29) is 5.41 Å². The zero-order valence-corrected chi connectivity index (χ0v) is 28.0. The summed E-state index contributed by atoms with van der Waals surface area (Å²) < 4.78 is 12.8. The number of nitrogens with one attached hydrogen (secondary N) is 1. The van der Waals surface area contributed by atoms with Crippen LogP contribution in [-0.4, -0.2) is 34.8 Å². The Labute approximate surface area is 278 Å². The Hall–Kier alpha value is -3.25. The summed E-state index contributed by atoms with van der Waals surface area (Å²) in [5, 5.41) is 14.6. The number of hydrogen-bond donors (Lipinski definition) is 2. The molecule has 0 radical (unpaired) electrons. The van der Waals surface area contributed by atoms with E-state index in [2.05, 4.69) is 42.3 Å². The van der Waals surface area contributed by atoms with E-state index in [9.17, 15) is 9.90 Å². The van der Waals surface area contributed by atoms with E-state index in [1.165, 1.54) is 48.1 Å². The molecule has 0 amide bonds. The first-order valence-electron chi connectivity index (χ1n) is 17.4. The average molecular weight is 643 g/mol. The molecule has 1 unspecified atom stereocenters. The number of anilines is 1. The maximum absolute atomic E-state index is 12.9. The van der Waals surface area contributed by atoms with Crippen LogP contribution < -0.4 is 14.8 Å². The lowest BCUT2D eigenvalue weighted by Gasteiger charge is -2.47. The number of aliphatic carboxylic acids is 1. The molecule has 0 saturated heterocycles. The van der Waals surface area contributed by atoms with E-state index < -0.39 is 11.5 Å². The molecule has 7 rings (SSSR count). The fraction of sp³-hybridized carbons (Fsp3) is 0.538. The van der Waals surface area contributed by atoms with Gasteiger partial charge in [-0.15, -0.1) is 0 Å². The van der Waals surface area contributed by atoms with E-state index in [1.807, 2.05) is 36.5 Å². The molecule has 46 heavy (non-hydrogen) atoms. The van der Waals surface area contributed by atoms with Crippen LogP contribution in [0.15, 0.2) is 54.7 Å². The van der Waals surface area contributed by atoms with Crippen LogP contribution in [0.3, 0.4) is 0 Å². The summed E-state index contributed by atoms with van der Waals surface area (Å²) in [4.78, 5) is 17.6. The van der Waals surface area contributed by atoms with E-state index in [0.29, 0.717) is 48.1 Å². The smallest absolute Gasteiger partial charge is 0.329 e. The summed E-state index contributed by atoms with van der Waals surface area (Å²) in [7, 11) is 0. The van der Waals surface area contributed by atoms with Gasteiger partial charge in [0.05, 0.1) is 13.2 Å². The lowest BCUT2D eigenvalue weighted by Crippen LogP contribution is -2.53. The van der Waals surface area contributed by atoms with Crippen LogP contribution in [0.5, 0.6) is 11.5 Å².